The molecular formula is C23H19F3N4O2S. The Kier molecular flexibility index (Phi) is 6.45. The van der Waals surface area contributed by atoms with Crippen molar-refractivity contribution in [3.8, 4) is 11.5 Å². The molecule has 0 atom stereocenters. The number of rotatable bonds is 7. The van der Waals surface area contributed by atoms with Gasteiger partial charge in [-0.2, -0.15) is 13.2 Å². The molecular weight excluding hydrogens is 453 g/mol. The van der Waals surface area contributed by atoms with E-state index in [1.54, 1.807) is 32.4 Å². The molecule has 33 heavy (non-hydrogen) atoms. The van der Waals surface area contributed by atoms with Gasteiger partial charge >= 0.3 is 6.18 Å². The number of alkyl halides is 3. The molecule has 0 bridgehead atoms. The normalized spacial score (nSPS) is 11.3. The lowest BCUT2D eigenvalue weighted by Gasteiger charge is -2.14. The van der Waals surface area contributed by atoms with Crippen molar-refractivity contribution in [1.29, 1.82) is 0 Å². The number of nitrogens with zero attached hydrogens (tertiary/aromatic N) is 2. The molecule has 1 heterocycles. The van der Waals surface area contributed by atoms with Crippen LogP contribution in [0.4, 0.5) is 30.5 Å². The first kappa shape index (κ1) is 22.5. The Bertz CT molecular complexity index is 1240. The van der Waals surface area contributed by atoms with Gasteiger partial charge in [-0.15, -0.1) is 0 Å². The van der Waals surface area contributed by atoms with Gasteiger partial charge in [0.25, 0.3) is 0 Å². The third kappa shape index (κ3) is 5.40. The third-order valence-electron chi connectivity index (χ3n) is 4.63. The average Bonchev–Trinajstić information content (AvgIpc) is 2.82. The maximum Gasteiger partial charge on any atom is 0.416 e. The van der Waals surface area contributed by atoms with E-state index in [2.05, 4.69) is 20.0 Å². The number of hydrogen-bond acceptors (Lipinski definition) is 7. The first-order valence-corrected chi connectivity index (χ1v) is 10.5. The van der Waals surface area contributed by atoms with Crippen molar-refractivity contribution in [2.45, 2.75) is 11.1 Å². The molecule has 0 fully saturated rings. The Morgan fingerprint density at radius 3 is 1.91 bits per heavy atom. The summed E-state index contributed by atoms with van der Waals surface area (Å²) in [5, 5.41) is 3.22. The number of ether oxygens (including phenoxy) is 2. The Hall–Kier alpha value is -3.66. The van der Waals surface area contributed by atoms with E-state index in [-0.39, 0.29) is 0 Å². The molecule has 0 unspecified atom stereocenters. The standard InChI is InChI=1S/C23H19F3N4O2S/c1-31-16-11-15(12-17(13-16)32-2)27-21-22(29-20-6-4-3-5-19(20)28-21)30-33-18-9-7-14(8-10-18)23(24,25)26/h3-13H,1-2H3,(H,27,28)(H,29,30). The molecule has 3 aromatic carbocycles. The summed E-state index contributed by atoms with van der Waals surface area (Å²) in [6.07, 6.45) is -4.38. The van der Waals surface area contributed by atoms with Gasteiger partial charge in [-0.3, -0.25) is 0 Å². The van der Waals surface area contributed by atoms with Gasteiger partial charge in [0.15, 0.2) is 11.6 Å². The molecule has 4 aromatic rings. The van der Waals surface area contributed by atoms with Crippen molar-refractivity contribution in [2.24, 2.45) is 0 Å². The average molecular weight is 472 g/mol. The Labute approximate surface area is 192 Å². The molecule has 0 spiro atoms. The van der Waals surface area contributed by atoms with Crippen LogP contribution in [0.25, 0.3) is 11.0 Å². The van der Waals surface area contributed by atoms with Crippen LogP contribution in [0.1, 0.15) is 5.56 Å². The van der Waals surface area contributed by atoms with Crippen LogP contribution in [-0.2, 0) is 6.18 Å². The predicted molar refractivity (Wildman–Crippen MR) is 123 cm³/mol. The number of aromatic nitrogens is 2. The monoisotopic (exact) mass is 472 g/mol. The summed E-state index contributed by atoms with van der Waals surface area (Å²) in [7, 11) is 3.12. The maximum atomic E-state index is 12.8. The molecule has 6 nitrogen and oxygen atoms in total. The lowest BCUT2D eigenvalue weighted by molar-refractivity contribution is -0.137. The largest absolute Gasteiger partial charge is 0.497 e. The maximum absolute atomic E-state index is 12.8. The number of benzene rings is 3. The van der Waals surface area contributed by atoms with Crippen LogP contribution in [0.5, 0.6) is 11.5 Å². The fourth-order valence-corrected chi connectivity index (χ4v) is 3.62. The van der Waals surface area contributed by atoms with Crippen LogP contribution >= 0.6 is 11.9 Å². The predicted octanol–water partition coefficient (Wildman–Crippen LogP) is 6.53. The van der Waals surface area contributed by atoms with Crippen molar-refractivity contribution in [3.05, 3.63) is 72.3 Å². The van der Waals surface area contributed by atoms with E-state index in [9.17, 15) is 13.2 Å². The van der Waals surface area contributed by atoms with E-state index >= 15 is 0 Å². The van der Waals surface area contributed by atoms with Gasteiger partial charge in [-0.05, 0) is 48.3 Å². The van der Waals surface area contributed by atoms with Crippen molar-refractivity contribution >= 4 is 40.3 Å². The summed E-state index contributed by atoms with van der Waals surface area (Å²) < 4.78 is 52.2. The smallest absolute Gasteiger partial charge is 0.416 e. The third-order valence-corrected chi connectivity index (χ3v) is 5.44. The fourth-order valence-electron chi connectivity index (χ4n) is 2.99. The van der Waals surface area contributed by atoms with Crippen LogP contribution in [-0.4, -0.2) is 24.2 Å². The first-order chi connectivity index (χ1) is 15.9. The lowest BCUT2D eigenvalue weighted by Crippen LogP contribution is -2.04. The van der Waals surface area contributed by atoms with Gasteiger partial charge in [0, 0.05) is 28.8 Å². The summed E-state index contributed by atoms with van der Waals surface area (Å²) >= 11 is 1.13. The van der Waals surface area contributed by atoms with E-state index in [4.69, 9.17) is 9.47 Å². The highest BCUT2D eigenvalue weighted by Gasteiger charge is 2.30. The zero-order chi connectivity index (χ0) is 23.4. The molecule has 0 radical (unpaired) electrons. The van der Waals surface area contributed by atoms with Gasteiger partial charge in [-0.1, -0.05) is 12.1 Å². The molecule has 0 aliphatic carbocycles. The minimum absolute atomic E-state index is 0.417. The minimum Gasteiger partial charge on any atom is -0.497 e. The minimum atomic E-state index is -4.38. The fraction of sp³-hybridized carbons (Fsp3) is 0.130. The number of anilines is 3. The highest BCUT2D eigenvalue weighted by molar-refractivity contribution is 8.00. The zero-order valence-electron chi connectivity index (χ0n) is 17.6. The SMILES string of the molecule is COc1cc(Nc2nc3ccccc3nc2NSc2ccc(C(F)(F)F)cc2)cc(OC)c1. The van der Waals surface area contributed by atoms with Crippen LogP contribution in [0.3, 0.4) is 0 Å². The van der Waals surface area contributed by atoms with E-state index in [1.165, 1.54) is 12.1 Å². The summed E-state index contributed by atoms with van der Waals surface area (Å²) in [5.74, 6) is 2.04. The summed E-state index contributed by atoms with van der Waals surface area (Å²) in [6.45, 7) is 0. The zero-order valence-corrected chi connectivity index (χ0v) is 18.4. The number of halogens is 3. The molecule has 0 aliphatic rings. The number of hydrogen-bond donors (Lipinski definition) is 2. The topological polar surface area (TPSA) is 68.3 Å². The molecule has 0 aliphatic heterocycles. The van der Waals surface area contributed by atoms with E-state index in [1.807, 2.05) is 24.3 Å². The number of fused-ring (bicyclic) bond motifs is 1. The molecule has 0 amide bonds. The molecule has 10 heteroatoms. The number of methoxy groups -OCH3 is 2. The Morgan fingerprint density at radius 1 is 0.788 bits per heavy atom. The van der Waals surface area contributed by atoms with Crippen LogP contribution < -0.4 is 19.5 Å². The summed E-state index contributed by atoms with van der Waals surface area (Å²) in [4.78, 5) is 9.88. The van der Waals surface area contributed by atoms with Crippen molar-refractivity contribution < 1.29 is 22.6 Å². The van der Waals surface area contributed by atoms with E-state index < -0.39 is 11.7 Å². The van der Waals surface area contributed by atoms with Gasteiger partial charge < -0.3 is 19.5 Å². The molecule has 2 N–H and O–H groups in total. The Morgan fingerprint density at radius 2 is 1.36 bits per heavy atom. The Balaban J connectivity index is 1.64. The second kappa shape index (κ2) is 9.45. The molecule has 1 aromatic heterocycles. The number of para-hydroxylation sites is 2. The molecule has 4 rings (SSSR count). The first-order valence-electron chi connectivity index (χ1n) is 9.73. The quantitative estimate of drug-likeness (QED) is 0.297. The summed E-state index contributed by atoms with van der Waals surface area (Å²) in [6, 6.07) is 17.6. The van der Waals surface area contributed by atoms with Crippen molar-refractivity contribution in [2.75, 3.05) is 24.3 Å². The van der Waals surface area contributed by atoms with E-state index in [0.717, 1.165) is 24.1 Å². The molecule has 0 saturated heterocycles. The van der Waals surface area contributed by atoms with Crippen LogP contribution in [0.15, 0.2) is 71.6 Å². The van der Waals surface area contributed by atoms with Crippen molar-refractivity contribution in [3.63, 3.8) is 0 Å². The van der Waals surface area contributed by atoms with Crippen LogP contribution in [0.2, 0.25) is 0 Å². The summed E-state index contributed by atoms with van der Waals surface area (Å²) in [5.41, 5.74) is 1.31. The highest BCUT2D eigenvalue weighted by Crippen LogP contribution is 2.34. The van der Waals surface area contributed by atoms with Gasteiger partial charge in [0.2, 0.25) is 0 Å². The molecule has 0 saturated carbocycles. The highest BCUT2D eigenvalue weighted by atomic mass is 32.2. The van der Waals surface area contributed by atoms with Gasteiger partial charge in [-0.25, -0.2) is 9.97 Å². The van der Waals surface area contributed by atoms with Crippen molar-refractivity contribution in [1.82, 2.24) is 9.97 Å². The van der Waals surface area contributed by atoms with Gasteiger partial charge in [0.05, 0.1) is 30.8 Å². The second-order valence-corrected chi connectivity index (χ2v) is 7.74. The van der Waals surface area contributed by atoms with E-state index in [0.29, 0.717) is 44.8 Å². The van der Waals surface area contributed by atoms with Gasteiger partial charge in [0.1, 0.15) is 11.5 Å². The second-order valence-electron chi connectivity index (χ2n) is 6.86. The number of nitrogens with one attached hydrogen (secondary N) is 2. The molecule has 170 valence electrons. The lowest BCUT2D eigenvalue weighted by atomic mass is 10.2. The van der Waals surface area contributed by atoms with Crippen LogP contribution in [0, 0.1) is 0 Å².